The number of carbonyl (C=O) groups excluding carboxylic acids is 2. The number of piperidine rings is 1. The molecule has 1 heterocycles. The van der Waals surface area contributed by atoms with Gasteiger partial charge in [0.1, 0.15) is 0 Å². The molecule has 5 nitrogen and oxygen atoms in total. The lowest BCUT2D eigenvalue weighted by Crippen LogP contribution is -2.49. The van der Waals surface area contributed by atoms with E-state index in [1.165, 1.54) is 0 Å². The monoisotopic (exact) mass is 381 g/mol. The molecule has 1 aliphatic rings. The molecule has 0 spiro atoms. The summed E-state index contributed by atoms with van der Waals surface area (Å²) in [6, 6.07) is 7.44. The summed E-state index contributed by atoms with van der Waals surface area (Å²) in [6.45, 7) is 4.76. The Bertz CT molecular complexity index is 544. The van der Waals surface area contributed by atoms with E-state index in [4.69, 9.17) is 0 Å². The Morgan fingerprint density at radius 3 is 2.74 bits per heavy atom. The van der Waals surface area contributed by atoms with Crippen LogP contribution in [0.15, 0.2) is 28.7 Å². The van der Waals surface area contributed by atoms with Crippen molar-refractivity contribution in [3.05, 3.63) is 34.3 Å². The maximum Gasteiger partial charge on any atom is 0.251 e. The zero-order valence-corrected chi connectivity index (χ0v) is 15.1. The minimum Gasteiger partial charge on any atom is -0.343 e. The van der Waals surface area contributed by atoms with Gasteiger partial charge in [0.15, 0.2) is 0 Å². The average Bonchev–Trinajstić information content (AvgIpc) is 2.58. The molecule has 0 bridgehead atoms. The van der Waals surface area contributed by atoms with Crippen molar-refractivity contribution in [2.75, 3.05) is 26.2 Å². The van der Waals surface area contributed by atoms with E-state index in [0.717, 1.165) is 43.4 Å². The SMILES string of the molecule is CCCN(C(=O)CNC(=O)c1cccc(Br)c1)C1CCNCC1. The largest absolute Gasteiger partial charge is 0.343 e. The highest BCUT2D eigenvalue weighted by Gasteiger charge is 2.24. The van der Waals surface area contributed by atoms with Crippen LogP contribution >= 0.6 is 15.9 Å². The quantitative estimate of drug-likeness (QED) is 0.793. The number of nitrogens with one attached hydrogen (secondary N) is 2. The Hall–Kier alpha value is -1.40. The molecule has 0 aliphatic carbocycles. The van der Waals surface area contributed by atoms with Crippen molar-refractivity contribution in [3.63, 3.8) is 0 Å². The van der Waals surface area contributed by atoms with Crippen molar-refractivity contribution < 1.29 is 9.59 Å². The number of carbonyl (C=O) groups is 2. The number of benzene rings is 1. The van der Waals surface area contributed by atoms with E-state index >= 15 is 0 Å². The topological polar surface area (TPSA) is 61.4 Å². The summed E-state index contributed by atoms with van der Waals surface area (Å²) in [4.78, 5) is 26.6. The standard InChI is InChI=1S/C17H24BrN3O2/c1-2-10-21(15-6-8-19-9-7-15)16(22)12-20-17(23)13-4-3-5-14(18)11-13/h3-5,11,15,19H,2,6-10,12H2,1H3,(H,20,23). The van der Waals surface area contributed by atoms with Crippen molar-refractivity contribution in [1.82, 2.24) is 15.5 Å². The summed E-state index contributed by atoms with van der Waals surface area (Å²) in [5.74, 6) is -0.219. The summed E-state index contributed by atoms with van der Waals surface area (Å²) in [7, 11) is 0. The van der Waals surface area contributed by atoms with Gasteiger partial charge >= 0.3 is 0 Å². The summed E-state index contributed by atoms with van der Waals surface area (Å²) >= 11 is 3.35. The van der Waals surface area contributed by atoms with E-state index in [2.05, 4.69) is 33.5 Å². The van der Waals surface area contributed by atoms with Gasteiger partial charge in [-0.05, 0) is 50.6 Å². The second-order valence-electron chi connectivity index (χ2n) is 5.76. The van der Waals surface area contributed by atoms with Crippen molar-refractivity contribution in [2.45, 2.75) is 32.2 Å². The molecule has 2 amide bonds. The molecule has 6 heteroatoms. The third kappa shape index (κ3) is 5.32. The van der Waals surface area contributed by atoms with Crippen LogP contribution in [0.4, 0.5) is 0 Å². The molecule has 0 saturated carbocycles. The first-order valence-corrected chi connectivity index (χ1v) is 8.95. The smallest absolute Gasteiger partial charge is 0.251 e. The number of rotatable bonds is 6. The highest BCUT2D eigenvalue weighted by molar-refractivity contribution is 9.10. The highest BCUT2D eigenvalue weighted by Crippen LogP contribution is 2.13. The van der Waals surface area contributed by atoms with Gasteiger partial charge in [-0.15, -0.1) is 0 Å². The van der Waals surface area contributed by atoms with Crippen molar-refractivity contribution in [1.29, 1.82) is 0 Å². The molecule has 0 radical (unpaired) electrons. The third-order valence-electron chi connectivity index (χ3n) is 4.02. The van der Waals surface area contributed by atoms with Gasteiger partial charge < -0.3 is 15.5 Å². The fraction of sp³-hybridized carbons (Fsp3) is 0.529. The lowest BCUT2D eigenvalue weighted by atomic mass is 10.0. The molecule has 1 aromatic carbocycles. The van der Waals surface area contributed by atoms with E-state index < -0.39 is 0 Å². The number of hydrogen-bond acceptors (Lipinski definition) is 3. The van der Waals surface area contributed by atoms with Gasteiger partial charge in [0, 0.05) is 22.6 Å². The molecular weight excluding hydrogens is 358 g/mol. The lowest BCUT2D eigenvalue weighted by Gasteiger charge is -2.34. The molecule has 126 valence electrons. The average molecular weight is 382 g/mol. The Morgan fingerprint density at radius 2 is 2.09 bits per heavy atom. The highest BCUT2D eigenvalue weighted by atomic mass is 79.9. The number of halogens is 1. The van der Waals surface area contributed by atoms with Crippen LogP contribution in [0, 0.1) is 0 Å². The Labute approximate surface area is 145 Å². The van der Waals surface area contributed by atoms with E-state index in [-0.39, 0.29) is 24.4 Å². The minimum absolute atomic E-state index is 0.00194. The first kappa shape index (κ1) is 17.9. The molecule has 1 aliphatic heterocycles. The molecule has 1 aromatic rings. The number of amides is 2. The van der Waals surface area contributed by atoms with E-state index in [9.17, 15) is 9.59 Å². The second kappa shape index (κ2) is 9.03. The predicted molar refractivity (Wildman–Crippen MR) is 94.4 cm³/mol. The van der Waals surface area contributed by atoms with Crippen LogP contribution in [0.25, 0.3) is 0 Å². The zero-order chi connectivity index (χ0) is 16.7. The van der Waals surface area contributed by atoms with E-state index in [1.54, 1.807) is 18.2 Å². The minimum atomic E-state index is -0.221. The summed E-state index contributed by atoms with van der Waals surface area (Å²) in [5.41, 5.74) is 0.552. The summed E-state index contributed by atoms with van der Waals surface area (Å²) < 4.78 is 0.846. The van der Waals surface area contributed by atoms with Gasteiger partial charge in [-0.1, -0.05) is 28.9 Å². The van der Waals surface area contributed by atoms with Crippen LogP contribution in [-0.2, 0) is 4.79 Å². The van der Waals surface area contributed by atoms with Gasteiger partial charge in [0.05, 0.1) is 6.54 Å². The van der Waals surface area contributed by atoms with Crippen molar-refractivity contribution in [2.24, 2.45) is 0 Å². The predicted octanol–water partition coefficient (Wildman–Crippen LogP) is 2.17. The van der Waals surface area contributed by atoms with Crippen LogP contribution in [0.3, 0.4) is 0 Å². The molecule has 0 unspecified atom stereocenters. The number of hydrogen-bond donors (Lipinski definition) is 2. The molecular formula is C17H24BrN3O2. The Kier molecular flexibility index (Phi) is 7.05. The van der Waals surface area contributed by atoms with Gasteiger partial charge in [-0.3, -0.25) is 9.59 Å². The van der Waals surface area contributed by atoms with Crippen LogP contribution in [0.1, 0.15) is 36.5 Å². The second-order valence-corrected chi connectivity index (χ2v) is 6.68. The molecule has 1 saturated heterocycles. The van der Waals surface area contributed by atoms with E-state index in [1.807, 2.05) is 11.0 Å². The first-order valence-electron chi connectivity index (χ1n) is 8.15. The molecule has 0 aromatic heterocycles. The fourth-order valence-corrected chi connectivity index (χ4v) is 3.26. The first-order chi connectivity index (χ1) is 11.1. The van der Waals surface area contributed by atoms with Gasteiger partial charge in [-0.2, -0.15) is 0 Å². The maximum absolute atomic E-state index is 12.5. The maximum atomic E-state index is 12.5. The molecule has 2 N–H and O–H groups in total. The van der Waals surface area contributed by atoms with Crippen LogP contribution in [0.5, 0.6) is 0 Å². The van der Waals surface area contributed by atoms with Crippen LogP contribution in [-0.4, -0.2) is 48.9 Å². The Balaban J connectivity index is 1.91. The van der Waals surface area contributed by atoms with Gasteiger partial charge in [0.25, 0.3) is 5.91 Å². The fourth-order valence-electron chi connectivity index (χ4n) is 2.86. The summed E-state index contributed by atoms with van der Waals surface area (Å²) in [5, 5.41) is 6.05. The van der Waals surface area contributed by atoms with Crippen molar-refractivity contribution in [3.8, 4) is 0 Å². The molecule has 0 atom stereocenters. The molecule has 1 fully saturated rings. The van der Waals surface area contributed by atoms with E-state index in [0.29, 0.717) is 5.56 Å². The normalized spacial score (nSPS) is 15.2. The third-order valence-corrected chi connectivity index (χ3v) is 4.51. The molecule has 2 rings (SSSR count). The lowest BCUT2D eigenvalue weighted by molar-refractivity contribution is -0.133. The van der Waals surface area contributed by atoms with Crippen LogP contribution < -0.4 is 10.6 Å². The van der Waals surface area contributed by atoms with Gasteiger partial charge in [0.2, 0.25) is 5.91 Å². The summed E-state index contributed by atoms with van der Waals surface area (Å²) in [6.07, 6.45) is 2.88. The Morgan fingerprint density at radius 1 is 1.35 bits per heavy atom. The van der Waals surface area contributed by atoms with Crippen molar-refractivity contribution >= 4 is 27.7 Å². The van der Waals surface area contributed by atoms with Gasteiger partial charge in [-0.25, -0.2) is 0 Å². The zero-order valence-electron chi connectivity index (χ0n) is 13.5. The van der Waals surface area contributed by atoms with Crippen LogP contribution in [0.2, 0.25) is 0 Å². The molecule has 23 heavy (non-hydrogen) atoms. The number of nitrogens with zero attached hydrogens (tertiary/aromatic N) is 1.